The highest BCUT2D eigenvalue weighted by Gasteiger charge is 2.31. The van der Waals surface area contributed by atoms with Crippen LogP contribution in [0.4, 0.5) is 24.8 Å². The SMILES string of the molecule is CCNc1cc(C(F)(F)F)cc(NCCN(C)C2CC2)n1. The Bertz CT molecular complexity index is 472. The number of alkyl halides is 3. The van der Waals surface area contributed by atoms with Crippen molar-refractivity contribution in [2.24, 2.45) is 0 Å². The highest BCUT2D eigenvalue weighted by atomic mass is 19.4. The zero-order valence-corrected chi connectivity index (χ0v) is 12.3. The average Bonchev–Trinajstić information content (AvgIpc) is 3.22. The Morgan fingerprint density at radius 1 is 1.24 bits per heavy atom. The molecule has 1 aliphatic carbocycles. The first-order valence-electron chi connectivity index (χ1n) is 7.17. The fourth-order valence-corrected chi connectivity index (χ4v) is 2.11. The third kappa shape index (κ3) is 4.77. The van der Waals surface area contributed by atoms with Crippen molar-refractivity contribution < 1.29 is 13.2 Å². The molecule has 1 aromatic rings. The van der Waals surface area contributed by atoms with Gasteiger partial charge in [-0.05, 0) is 38.9 Å². The molecule has 1 heterocycles. The number of anilines is 2. The van der Waals surface area contributed by atoms with Crippen LogP contribution in [0.25, 0.3) is 0 Å². The smallest absolute Gasteiger partial charge is 0.370 e. The highest BCUT2D eigenvalue weighted by molar-refractivity contribution is 5.49. The molecular formula is C14H21F3N4. The van der Waals surface area contributed by atoms with Crippen LogP contribution in [0.2, 0.25) is 0 Å². The van der Waals surface area contributed by atoms with Crippen molar-refractivity contribution in [2.75, 3.05) is 37.3 Å². The number of halogens is 3. The van der Waals surface area contributed by atoms with Gasteiger partial charge in [0.1, 0.15) is 11.6 Å². The fourth-order valence-electron chi connectivity index (χ4n) is 2.11. The lowest BCUT2D eigenvalue weighted by Gasteiger charge is -2.17. The number of nitrogens with one attached hydrogen (secondary N) is 2. The minimum atomic E-state index is -4.37. The summed E-state index contributed by atoms with van der Waals surface area (Å²) in [7, 11) is 2.03. The predicted molar refractivity (Wildman–Crippen MR) is 77.5 cm³/mol. The number of nitrogens with zero attached hydrogens (tertiary/aromatic N) is 2. The van der Waals surface area contributed by atoms with Crippen molar-refractivity contribution in [1.82, 2.24) is 9.88 Å². The Labute approximate surface area is 122 Å². The Balaban J connectivity index is 2.00. The minimum absolute atomic E-state index is 0.241. The number of aromatic nitrogens is 1. The van der Waals surface area contributed by atoms with E-state index < -0.39 is 11.7 Å². The minimum Gasteiger partial charge on any atom is -0.370 e. The summed E-state index contributed by atoms with van der Waals surface area (Å²) in [4.78, 5) is 6.37. The number of rotatable bonds is 7. The first kappa shape index (κ1) is 15.9. The van der Waals surface area contributed by atoms with Crippen LogP contribution in [-0.2, 0) is 6.18 Å². The van der Waals surface area contributed by atoms with E-state index in [1.165, 1.54) is 12.8 Å². The van der Waals surface area contributed by atoms with Crippen LogP contribution >= 0.6 is 0 Å². The molecule has 2 N–H and O–H groups in total. The second kappa shape index (κ2) is 6.51. The topological polar surface area (TPSA) is 40.2 Å². The van der Waals surface area contributed by atoms with Gasteiger partial charge in [-0.1, -0.05) is 0 Å². The Hall–Kier alpha value is -1.50. The van der Waals surface area contributed by atoms with Crippen LogP contribution in [0.1, 0.15) is 25.3 Å². The van der Waals surface area contributed by atoms with Crippen LogP contribution < -0.4 is 10.6 Å². The lowest BCUT2D eigenvalue weighted by Crippen LogP contribution is -2.27. The average molecular weight is 302 g/mol. The number of likely N-dealkylation sites (N-methyl/N-ethyl adjacent to an activating group) is 1. The molecule has 1 aliphatic rings. The molecule has 1 aromatic heterocycles. The second-order valence-corrected chi connectivity index (χ2v) is 5.29. The zero-order valence-electron chi connectivity index (χ0n) is 12.3. The molecule has 0 saturated heterocycles. The van der Waals surface area contributed by atoms with Gasteiger partial charge in [-0.2, -0.15) is 13.2 Å². The molecule has 0 atom stereocenters. The van der Waals surface area contributed by atoms with Gasteiger partial charge < -0.3 is 15.5 Å². The molecular weight excluding hydrogens is 281 g/mol. The van der Waals surface area contributed by atoms with Gasteiger partial charge in [0.05, 0.1) is 5.56 Å². The Kier molecular flexibility index (Phi) is 4.92. The summed E-state index contributed by atoms with van der Waals surface area (Å²) in [5.74, 6) is 0.496. The summed E-state index contributed by atoms with van der Waals surface area (Å²) in [6, 6.07) is 2.72. The molecule has 118 valence electrons. The standard InChI is InChI=1S/C14H21F3N4/c1-3-18-12-8-10(14(15,16)17)9-13(20-12)19-6-7-21(2)11-4-5-11/h8-9,11H,3-7H2,1-2H3,(H2,18,19,20). The molecule has 0 aromatic carbocycles. The molecule has 0 unspecified atom stereocenters. The van der Waals surface area contributed by atoms with Crippen molar-refractivity contribution in [1.29, 1.82) is 0 Å². The maximum Gasteiger partial charge on any atom is 0.416 e. The van der Waals surface area contributed by atoms with E-state index in [1.54, 1.807) is 0 Å². The third-order valence-electron chi connectivity index (χ3n) is 3.45. The van der Waals surface area contributed by atoms with Crippen LogP contribution in [0, 0.1) is 0 Å². The molecule has 2 rings (SSSR count). The largest absolute Gasteiger partial charge is 0.416 e. The van der Waals surface area contributed by atoms with Gasteiger partial charge in [0.15, 0.2) is 0 Å². The van der Waals surface area contributed by atoms with Gasteiger partial charge in [0.2, 0.25) is 0 Å². The summed E-state index contributed by atoms with van der Waals surface area (Å²) in [5, 5.41) is 5.80. The van der Waals surface area contributed by atoms with E-state index >= 15 is 0 Å². The van der Waals surface area contributed by atoms with Crippen LogP contribution in [-0.4, -0.2) is 42.6 Å². The van der Waals surface area contributed by atoms with Gasteiger partial charge >= 0.3 is 6.18 Å². The molecule has 0 bridgehead atoms. The van der Waals surface area contributed by atoms with E-state index in [-0.39, 0.29) is 11.6 Å². The molecule has 0 amide bonds. The summed E-state index contributed by atoms with van der Waals surface area (Å²) < 4.78 is 38.6. The normalized spacial score (nSPS) is 15.3. The predicted octanol–water partition coefficient (Wildman–Crippen LogP) is 3.04. The molecule has 0 spiro atoms. The van der Waals surface area contributed by atoms with Crippen molar-refractivity contribution in [3.63, 3.8) is 0 Å². The lowest BCUT2D eigenvalue weighted by molar-refractivity contribution is -0.137. The van der Waals surface area contributed by atoms with E-state index in [4.69, 9.17) is 0 Å². The van der Waals surface area contributed by atoms with Crippen LogP contribution in [0.3, 0.4) is 0 Å². The van der Waals surface area contributed by atoms with Gasteiger partial charge in [-0.3, -0.25) is 0 Å². The number of pyridine rings is 1. The molecule has 1 saturated carbocycles. The summed E-state index contributed by atoms with van der Waals surface area (Å²) in [6.07, 6.45) is -1.94. The lowest BCUT2D eigenvalue weighted by atomic mass is 10.2. The van der Waals surface area contributed by atoms with E-state index in [0.29, 0.717) is 19.1 Å². The van der Waals surface area contributed by atoms with E-state index in [1.807, 2.05) is 14.0 Å². The van der Waals surface area contributed by atoms with Crippen molar-refractivity contribution in [2.45, 2.75) is 32.0 Å². The van der Waals surface area contributed by atoms with Gasteiger partial charge in [0.25, 0.3) is 0 Å². The molecule has 7 heteroatoms. The maximum atomic E-state index is 12.9. The zero-order chi connectivity index (χ0) is 15.5. The Morgan fingerprint density at radius 2 is 1.86 bits per heavy atom. The van der Waals surface area contributed by atoms with Crippen molar-refractivity contribution in [3.8, 4) is 0 Å². The molecule has 4 nitrogen and oxygen atoms in total. The monoisotopic (exact) mass is 302 g/mol. The third-order valence-corrected chi connectivity index (χ3v) is 3.45. The summed E-state index contributed by atoms with van der Waals surface area (Å²) >= 11 is 0. The molecule has 0 radical (unpaired) electrons. The summed E-state index contributed by atoms with van der Waals surface area (Å²) in [5.41, 5.74) is -0.688. The Morgan fingerprint density at radius 3 is 2.38 bits per heavy atom. The van der Waals surface area contributed by atoms with E-state index in [0.717, 1.165) is 18.7 Å². The number of hydrogen-bond acceptors (Lipinski definition) is 4. The fraction of sp³-hybridized carbons (Fsp3) is 0.643. The molecule has 1 fully saturated rings. The second-order valence-electron chi connectivity index (χ2n) is 5.29. The van der Waals surface area contributed by atoms with E-state index in [2.05, 4.69) is 20.5 Å². The van der Waals surface area contributed by atoms with Crippen LogP contribution in [0.15, 0.2) is 12.1 Å². The molecule has 0 aliphatic heterocycles. The quantitative estimate of drug-likeness (QED) is 0.812. The first-order chi connectivity index (χ1) is 9.90. The molecule has 21 heavy (non-hydrogen) atoms. The van der Waals surface area contributed by atoms with Crippen molar-refractivity contribution in [3.05, 3.63) is 17.7 Å². The van der Waals surface area contributed by atoms with E-state index in [9.17, 15) is 13.2 Å². The number of hydrogen-bond donors (Lipinski definition) is 2. The van der Waals surface area contributed by atoms with Gasteiger partial charge in [-0.25, -0.2) is 4.98 Å². The highest BCUT2D eigenvalue weighted by Crippen LogP contribution is 2.32. The van der Waals surface area contributed by atoms with Gasteiger partial charge in [0, 0.05) is 25.7 Å². The maximum absolute atomic E-state index is 12.9. The summed E-state index contributed by atoms with van der Waals surface area (Å²) in [6.45, 7) is 3.71. The first-order valence-corrected chi connectivity index (χ1v) is 7.17. The van der Waals surface area contributed by atoms with Crippen molar-refractivity contribution >= 4 is 11.6 Å². The van der Waals surface area contributed by atoms with Gasteiger partial charge in [-0.15, -0.1) is 0 Å². The van der Waals surface area contributed by atoms with Crippen LogP contribution in [0.5, 0.6) is 0 Å².